The first-order valence-electron chi connectivity index (χ1n) is 8.66. The van der Waals surface area contributed by atoms with Crippen LogP contribution in [0.25, 0.3) is 11.2 Å². The second kappa shape index (κ2) is 8.76. The fourth-order valence-electron chi connectivity index (χ4n) is 3.05. The van der Waals surface area contributed by atoms with Gasteiger partial charge in [0.2, 0.25) is 5.88 Å². The Bertz CT molecular complexity index is 1310. The van der Waals surface area contributed by atoms with Gasteiger partial charge in [-0.2, -0.15) is 30.2 Å². The van der Waals surface area contributed by atoms with Crippen LogP contribution in [0.15, 0.2) is 12.7 Å². The highest BCUT2D eigenvalue weighted by atomic mass is 32.2. The molecule has 2 aromatic rings. The summed E-state index contributed by atoms with van der Waals surface area (Å²) in [6.07, 6.45) is -1.23. The van der Waals surface area contributed by atoms with Crippen LogP contribution >= 0.6 is 0 Å². The molecular weight excluding hydrogens is 496 g/mol. The third-order valence-electron chi connectivity index (χ3n) is 4.10. The van der Waals surface area contributed by atoms with Crippen molar-refractivity contribution in [1.29, 1.82) is 0 Å². The molecule has 1 aliphatic heterocycles. The first-order chi connectivity index (χ1) is 14.7. The number of aromatic nitrogens is 4. The Kier molecular flexibility index (Phi) is 6.76. The summed E-state index contributed by atoms with van der Waals surface area (Å²) in [5.74, 6) is 0.119. The van der Waals surface area contributed by atoms with Crippen molar-refractivity contribution in [2.45, 2.75) is 24.5 Å². The number of hydrogen-bond donors (Lipinski definition) is 0. The molecule has 32 heavy (non-hydrogen) atoms. The highest BCUT2D eigenvalue weighted by Gasteiger charge is 2.51. The van der Waals surface area contributed by atoms with Gasteiger partial charge < -0.3 is 9.47 Å². The lowest BCUT2D eigenvalue weighted by Gasteiger charge is -2.22. The molecule has 2 aromatic heterocycles. The van der Waals surface area contributed by atoms with Crippen molar-refractivity contribution < 1.29 is 47.3 Å². The smallest absolute Gasteiger partial charge is 0.264 e. The fraction of sp³-hybridized carbons (Fsp3) is 0.643. The van der Waals surface area contributed by atoms with Gasteiger partial charge in [-0.25, -0.2) is 9.97 Å². The summed E-state index contributed by atoms with van der Waals surface area (Å²) < 4.78 is 97.3. The monoisotopic (exact) mass is 516 g/mol. The van der Waals surface area contributed by atoms with Crippen LogP contribution in [0.2, 0.25) is 0 Å². The van der Waals surface area contributed by atoms with Crippen LogP contribution in [0.5, 0.6) is 5.88 Å². The molecule has 18 heteroatoms. The summed E-state index contributed by atoms with van der Waals surface area (Å²) in [4.78, 5) is 12.1. The van der Waals surface area contributed by atoms with Gasteiger partial charge in [-0.3, -0.25) is 17.1 Å². The topological polar surface area (TPSA) is 192 Å². The lowest BCUT2D eigenvalue weighted by atomic mass is 10.1. The molecule has 0 unspecified atom stereocenters. The van der Waals surface area contributed by atoms with Gasteiger partial charge in [0.15, 0.2) is 23.5 Å². The molecule has 0 amide bonds. The van der Waals surface area contributed by atoms with Gasteiger partial charge in [-0.1, -0.05) is 0 Å². The molecule has 0 saturated carbocycles. The average Bonchev–Trinajstić information content (AvgIpc) is 3.19. The van der Waals surface area contributed by atoms with E-state index in [1.54, 1.807) is 0 Å². The van der Waals surface area contributed by atoms with Crippen molar-refractivity contribution in [1.82, 2.24) is 19.5 Å². The van der Waals surface area contributed by atoms with Crippen molar-refractivity contribution >= 4 is 41.5 Å². The number of nitrogens with zero attached hydrogens (tertiary/aromatic N) is 4. The minimum atomic E-state index is -4.16. The first kappa shape index (κ1) is 24.7. The second-order valence-corrected chi connectivity index (χ2v) is 11.6. The van der Waals surface area contributed by atoms with Crippen LogP contribution in [0.4, 0.5) is 0 Å². The Labute approximate surface area is 184 Å². The molecule has 15 nitrogen and oxygen atoms in total. The van der Waals surface area contributed by atoms with Crippen LogP contribution in [0.3, 0.4) is 0 Å². The minimum Gasteiger partial charge on any atom is -0.479 e. The van der Waals surface area contributed by atoms with Gasteiger partial charge in [-0.15, -0.1) is 0 Å². The van der Waals surface area contributed by atoms with Gasteiger partial charge >= 0.3 is 0 Å². The van der Waals surface area contributed by atoms with Crippen molar-refractivity contribution in [3.05, 3.63) is 12.7 Å². The fourth-order valence-corrected chi connectivity index (χ4v) is 4.67. The summed E-state index contributed by atoms with van der Waals surface area (Å²) >= 11 is 0. The van der Waals surface area contributed by atoms with Crippen LogP contribution < -0.4 is 4.74 Å². The highest BCUT2D eigenvalue weighted by molar-refractivity contribution is 7.86. The molecule has 0 N–H and O–H groups in total. The van der Waals surface area contributed by atoms with E-state index in [9.17, 15) is 25.3 Å². The zero-order valence-electron chi connectivity index (χ0n) is 17.2. The Morgan fingerprint density at radius 1 is 0.938 bits per heavy atom. The number of imidazole rings is 1. The number of rotatable bonds is 9. The number of fused-ring (bicyclic) bond motifs is 1. The van der Waals surface area contributed by atoms with Crippen LogP contribution in [-0.4, -0.2) is 95.6 Å². The van der Waals surface area contributed by atoms with E-state index < -0.39 is 61.5 Å². The van der Waals surface area contributed by atoms with Crippen LogP contribution in [0, 0.1) is 0 Å². The van der Waals surface area contributed by atoms with Crippen molar-refractivity contribution in [2.24, 2.45) is 0 Å². The van der Waals surface area contributed by atoms with E-state index in [4.69, 9.17) is 22.0 Å². The van der Waals surface area contributed by atoms with Crippen molar-refractivity contribution in [3.63, 3.8) is 0 Å². The number of ether oxygens (including phenoxy) is 2. The molecule has 0 aliphatic carbocycles. The predicted molar refractivity (Wildman–Crippen MR) is 106 cm³/mol. The summed E-state index contributed by atoms with van der Waals surface area (Å²) in [6.45, 7) is -0.677. The Balaban J connectivity index is 2.10. The van der Waals surface area contributed by atoms with E-state index >= 15 is 0 Å². The van der Waals surface area contributed by atoms with Gasteiger partial charge in [0.1, 0.15) is 18.5 Å². The van der Waals surface area contributed by atoms with E-state index in [0.717, 1.165) is 25.1 Å². The normalized spacial score (nSPS) is 24.8. The maximum Gasteiger partial charge on any atom is 0.264 e. The highest BCUT2D eigenvalue weighted by Crippen LogP contribution is 2.37. The zero-order chi connectivity index (χ0) is 23.9. The van der Waals surface area contributed by atoms with E-state index in [-0.39, 0.29) is 17.0 Å². The molecule has 0 aromatic carbocycles. The minimum absolute atomic E-state index is 0.119. The molecule has 1 aliphatic rings. The SMILES string of the molecule is COc1ncnc2c1ncn2[C@@H]1O[C@H](COS(C)(=O)=O)[C@@H](OS(C)(=O)=O)[C@@H]1OS(C)(=O)=O. The molecule has 0 radical (unpaired) electrons. The molecule has 3 rings (SSSR count). The lowest BCUT2D eigenvalue weighted by molar-refractivity contribution is -0.0417. The maximum atomic E-state index is 11.9. The molecule has 0 spiro atoms. The van der Waals surface area contributed by atoms with E-state index in [1.807, 2.05) is 0 Å². The molecule has 1 fully saturated rings. The Morgan fingerprint density at radius 3 is 2.12 bits per heavy atom. The van der Waals surface area contributed by atoms with Gasteiger partial charge in [0.25, 0.3) is 30.4 Å². The predicted octanol–water partition coefficient (Wildman–Crippen LogP) is -1.60. The summed E-state index contributed by atoms with van der Waals surface area (Å²) in [6, 6.07) is 0. The molecule has 1 saturated heterocycles. The number of methoxy groups -OCH3 is 1. The Morgan fingerprint density at radius 2 is 1.56 bits per heavy atom. The first-order valence-corrected chi connectivity index (χ1v) is 14.1. The van der Waals surface area contributed by atoms with Crippen LogP contribution in [0.1, 0.15) is 6.23 Å². The van der Waals surface area contributed by atoms with Crippen molar-refractivity contribution in [3.8, 4) is 5.88 Å². The van der Waals surface area contributed by atoms with Crippen molar-refractivity contribution in [2.75, 3.05) is 32.5 Å². The summed E-state index contributed by atoms with van der Waals surface area (Å²) in [7, 11) is -10.9. The maximum absolute atomic E-state index is 11.9. The van der Waals surface area contributed by atoms with Crippen LogP contribution in [-0.2, 0) is 47.6 Å². The third kappa shape index (κ3) is 5.88. The van der Waals surface area contributed by atoms with Gasteiger partial charge in [0, 0.05) is 0 Å². The summed E-state index contributed by atoms with van der Waals surface area (Å²) in [5, 5.41) is 0. The van der Waals surface area contributed by atoms with E-state index in [0.29, 0.717) is 0 Å². The third-order valence-corrected chi connectivity index (χ3v) is 5.80. The Hall–Kier alpha value is -1.96. The molecule has 4 atom stereocenters. The summed E-state index contributed by atoms with van der Waals surface area (Å²) in [5.41, 5.74) is 0.347. The largest absolute Gasteiger partial charge is 0.479 e. The molecule has 3 heterocycles. The standard InChI is InChI=1S/C14H20N4O11S3/c1-25-13-9-12(15-6-16-13)18(7-17-9)14-11(29-32(4,23)24)10(28-31(3,21)22)8(27-14)5-26-30(2,19)20/h6-8,10-11,14H,5H2,1-4H3/t8-,10-,11+,14-/m1/s1. The zero-order valence-corrected chi connectivity index (χ0v) is 19.6. The van der Waals surface area contributed by atoms with E-state index in [2.05, 4.69) is 15.0 Å². The number of hydrogen-bond acceptors (Lipinski definition) is 14. The molecule has 180 valence electrons. The lowest BCUT2D eigenvalue weighted by Crippen LogP contribution is -2.41. The molecular formula is C14H20N4O11S3. The van der Waals surface area contributed by atoms with Gasteiger partial charge in [0.05, 0.1) is 38.8 Å². The second-order valence-electron chi connectivity index (χ2n) is 6.79. The molecule has 0 bridgehead atoms. The average molecular weight is 517 g/mol. The van der Waals surface area contributed by atoms with Gasteiger partial charge in [-0.05, 0) is 0 Å². The van der Waals surface area contributed by atoms with E-state index in [1.165, 1.54) is 18.0 Å². The quantitative estimate of drug-likeness (QED) is 0.346.